The van der Waals surface area contributed by atoms with Crippen molar-refractivity contribution < 1.29 is 33.0 Å². The minimum absolute atomic E-state index is 0.0943. The number of furan rings is 1. The summed E-state index contributed by atoms with van der Waals surface area (Å²) >= 11 is 0. The number of hydrogen-bond acceptors (Lipinski definition) is 7. The van der Waals surface area contributed by atoms with Crippen molar-refractivity contribution in [2.24, 2.45) is 0 Å². The topological polar surface area (TPSA) is 100 Å². The zero-order chi connectivity index (χ0) is 24.4. The van der Waals surface area contributed by atoms with Gasteiger partial charge in [-0.1, -0.05) is 0 Å². The van der Waals surface area contributed by atoms with Crippen LogP contribution < -0.4 is 9.47 Å². The highest BCUT2D eigenvalue weighted by atomic mass is 16.7. The third kappa shape index (κ3) is 4.16. The van der Waals surface area contributed by atoms with Crippen LogP contribution in [0.15, 0.2) is 41.0 Å². The van der Waals surface area contributed by atoms with Crippen LogP contribution in [0.4, 0.5) is 0 Å². The van der Waals surface area contributed by atoms with Crippen molar-refractivity contribution in [2.75, 3.05) is 20.4 Å². The average Bonchev–Trinajstić information content (AvgIpc) is 3.56. The van der Waals surface area contributed by atoms with Gasteiger partial charge in [-0.2, -0.15) is 0 Å². The van der Waals surface area contributed by atoms with Gasteiger partial charge >= 0.3 is 5.97 Å². The molecule has 9 heteroatoms. The Morgan fingerprint density at radius 3 is 2.56 bits per heavy atom. The first-order chi connectivity index (χ1) is 16.3. The highest BCUT2D eigenvalue weighted by Gasteiger charge is 2.29. The van der Waals surface area contributed by atoms with Gasteiger partial charge in [0.2, 0.25) is 6.79 Å². The highest BCUT2D eigenvalue weighted by molar-refractivity contribution is 6.06. The minimum Gasteiger partial charge on any atom is -0.467 e. The summed E-state index contributed by atoms with van der Waals surface area (Å²) < 4.78 is 22.8. The number of ketones is 1. The maximum Gasteiger partial charge on any atom is 0.354 e. The molecule has 2 aromatic heterocycles. The Morgan fingerprint density at radius 1 is 1.12 bits per heavy atom. The summed E-state index contributed by atoms with van der Waals surface area (Å²) in [7, 11) is 1.31. The summed E-state index contributed by atoms with van der Waals surface area (Å²) in [4.78, 5) is 40.7. The van der Waals surface area contributed by atoms with Crippen LogP contribution in [0, 0.1) is 13.8 Å². The molecule has 0 radical (unpaired) electrons. The van der Waals surface area contributed by atoms with Gasteiger partial charge in [-0.15, -0.1) is 0 Å². The van der Waals surface area contributed by atoms with Gasteiger partial charge in [0.25, 0.3) is 5.91 Å². The van der Waals surface area contributed by atoms with E-state index in [2.05, 4.69) is 0 Å². The molecule has 1 aliphatic heterocycles. The second-order valence-corrected chi connectivity index (χ2v) is 7.90. The summed E-state index contributed by atoms with van der Waals surface area (Å²) in [5.74, 6) is 0.425. The van der Waals surface area contributed by atoms with Gasteiger partial charge in [-0.3, -0.25) is 9.59 Å². The van der Waals surface area contributed by atoms with Crippen molar-refractivity contribution in [3.8, 4) is 11.5 Å². The molecule has 178 valence electrons. The molecule has 0 saturated carbocycles. The van der Waals surface area contributed by atoms with E-state index in [4.69, 9.17) is 18.6 Å². The lowest BCUT2D eigenvalue weighted by Gasteiger charge is -2.21. The molecule has 0 atom stereocenters. The van der Waals surface area contributed by atoms with E-state index in [0.717, 1.165) is 0 Å². The maximum absolute atomic E-state index is 13.5. The molecule has 0 N–H and O–H groups in total. The molecule has 3 aromatic rings. The van der Waals surface area contributed by atoms with Gasteiger partial charge in [0, 0.05) is 23.4 Å². The monoisotopic (exact) mass is 466 g/mol. The molecule has 9 nitrogen and oxygen atoms in total. The molecule has 0 bridgehead atoms. The number of amides is 1. The number of ether oxygens (including phenoxy) is 3. The van der Waals surface area contributed by atoms with Crippen LogP contribution >= 0.6 is 0 Å². The number of benzene rings is 1. The quantitative estimate of drug-likeness (QED) is 0.368. The van der Waals surface area contributed by atoms with E-state index in [1.165, 1.54) is 18.3 Å². The van der Waals surface area contributed by atoms with Gasteiger partial charge in [0.1, 0.15) is 11.5 Å². The third-order valence-corrected chi connectivity index (χ3v) is 5.91. The Kier molecular flexibility index (Phi) is 6.45. The second kappa shape index (κ2) is 9.46. The fourth-order valence-corrected chi connectivity index (χ4v) is 4.32. The van der Waals surface area contributed by atoms with E-state index in [-0.39, 0.29) is 31.6 Å². The lowest BCUT2D eigenvalue weighted by atomic mass is 10.0. The molecule has 0 saturated heterocycles. The number of methoxy groups -OCH3 is 1. The lowest BCUT2D eigenvalue weighted by molar-refractivity contribution is 0.0587. The van der Waals surface area contributed by atoms with Crippen molar-refractivity contribution in [2.45, 2.75) is 33.9 Å². The van der Waals surface area contributed by atoms with Crippen molar-refractivity contribution >= 4 is 17.7 Å². The number of aromatic nitrogens is 1. The first-order valence-electron chi connectivity index (χ1n) is 10.9. The lowest BCUT2D eigenvalue weighted by Crippen LogP contribution is -2.35. The maximum atomic E-state index is 13.5. The molecular formula is C25H26N2O7. The van der Waals surface area contributed by atoms with E-state index in [1.807, 2.05) is 6.92 Å². The number of rotatable bonds is 8. The van der Waals surface area contributed by atoms with Crippen LogP contribution in [0.25, 0.3) is 0 Å². The summed E-state index contributed by atoms with van der Waals surface area (Å²) in [5.41, 5.74) is 2.29. The summed E-state index contributed by atoms with van der Waals surface area (Å²) in [6.45, 7) is 5.88. The number of fused-ring (bicyclic) bond motifs is 1. The van der Waals surface area contributed by atoms with Crippen molar-refractivity contribution in [3.63, 3.8) is 0 Å². The molecule has 3 heterocycles. The number of carbonyl (C=O) groups is 3. The van der Waals surface area contributed by atoms with E-state index >= 15 is 0 Å². The summed E-state index contributed by atoms with van der Waals surface area (Å²) in [6.07, 6.45) is 1.51. The van der Waals surface area contributed by atoms with E-state index in [9.17, 15) is 14.4 Å². The molecule has 0 unspecified atom stereocenters. The molecule has 34 heavy (non-hydrogen) atoms. The zero-order valence-corrected chi connectivity index (χ0v) is 19.5. The summed E-state index contributed by atoms with van der Waals surface area (Å²) in [5, 5.41) is 0. The highest BCUT2D eigenvalue weighted by Crippen LogP contribution is 2.33. The standard InChI is InChI=1S/C25H26N2O7/c1-5-27-16(3)22(15(2)23(27)25(30)31-4)19(28)13-26(12-18-7-6-10-32-18)24(29)17-8-9-20-21(11-17)34-14-33-20/h6-11H,5,12-14H2,1-4H3. The van der Waals surface area contributed by atoms with Gasteiger partial charge in [0.15, 0.2) is 17.3 Å². The zero-order valence-electron chi connectivity index (χ0n) is 19.5. The van der Waals surface area contributed by atoms with Crippen molar-refractivity contribution in [1.29, 1.82) is 0 Å². The van der Waals surface area contributed by atoms with Gasteiger partial charge in [-0.05, 0) is 56.7 Å². The Morgan fingerprint density at radius 2 is 1.88 bits per heavy atom. The summed E-state index contributed by atoms with van der Waals surface area (Å²) in [6, 6.07) is 8.36. The Labute approximate surface area is 196 Å². The van der Waals surface area contributed by atoms with Crippen molar-refractivity contribution in [3.05, 3.63) is 70.4 Å². The Balaban J connectivity index is 1.67. The molecular weight excluding hydrogens is 440 g/mol. The van der Waals surface area contributed by atoms with Gasteiger partial charge in [-0.25, -0.2) is 4.79 Å². The van der Waals surface area contributed by atoms with E-state index in [1.54, 1.807) is 48.7 Å². The molecule has 1 aromatic carbocycles. The number of hydrogen-bond donors (Lipinski definition) is 0. The predicted octanol–water partition coefficient (Wildman–Crippen LogP) is 3.76. The number of nitrogens with zero attached hydrogens (tertiary/aromatic N) is 2. The molecule has 4 rings (SSSR count). The van der Waals surface area contributed by atoms with Crippen molar-refractivity contribution in [1.82, 2.24) is 9.47 Å². The Bertz CT molecular complexity index is 1240. The SMILES string of the molecule is CCn1c(C)c(C(=O)CN(Cc2ccco2)C(=O)c2ccc3c(c2)OCO3)c(C)c1C(=O)OC. The fourth-order valence-electron chi connectivity index (χ4n) is 4.32. The molecule has 1 amide bonds. The first-order valence-corrected chi connectivity index (χ1v) is 10.9. The third-order valence-electron chi connectivity index (χ3n) is 5.91. The predicted molar refractivity (Wildman–Crippen MR) is 121 cm³/mol. The second-order valence-electron chi connectivity index (χ2n) is 7.90. The first kappa shape index (κ1) is 23.2. The molecule has 1 aliphatic rings. The van der Waals surface area contributed by atoms with Crippen LogP contribution in [0.5, 0.6) is 11.5 Å². The van der Waals surface area contributed by atoms with Crippen LogP contribution in [0.3, 0.4) is 0 Å². The van der Waals surface area contributed by atoms with Gasteiger partial charge in [0.05, 0.1) is 26.5 Å². The number of Topliss-reactive ketones (excluding diaryl/α,β-unsaturated/α-hetero) is 1. The Hall–Kier alpha value is -4.01. The normalized spacial score (nSPS) is 12.0. The van der Waals surface area contributed by atoms with Crippen LogP contribution in [-0.4, -0.2) is 47.6 Å². The van der Waals surface area contributed by atoms with Crippen LogP contribution in [0.2, 0.25) is 0 Å². The average molecular weight is 466 g/mol. The number of esters is 1. The minimum atomic E-state index is -0.509. The smallest absolute Gasteiger partial charge is 0.354 e. The van der Waals surface area contributed by atoms with Crippen LogP contribution in [-0.2, 0) is 17.8 Å². The van der Waals surface area contributed by atoms with E-state index < -0.39 is 5.97 Å². The van der Waals surface area contributed by atoms with E-state index in [0.29, 0.717) is 51.9 Å². The molecule has 0 spiro atoms. The van der Waals surface area contributed by atoms with Crippen LogP contribution in [0.1, 0.15) is 55.1 Å². The molecule has 0 fully saturated rings. The van der Waals surface area contributed by atoms with Gasteiger partial charge < -0.3 is 28.1 Å². The largest absolute Gasteiger partial charge is 0.467 e. The fraction of sp³-hybridized carbons (Fsp3) is 0.320. The molecule has 0 aliphatic carbocycles. The number of carbonyl (C=O) groups excluding carboxylic acids is 3.